The number of nitrogens with two attached hydrogens (primary N) is 1. The Labute approximate surface area is 136 Å². The molecular formula is C17H25NO5. The molecule has 0 radical (unpaired) electrons. The van der Waals surface area contributed by atoms with E-state index in [9.17, 15) is 9.59 Å². The molecule has 128 valence electrons. The Morgan fingerprint density at radius 1 is 1.09 bits per heavy atom. The van der Waals surface area contributed by atoms with Crippen LogP contribution in [-0.4, -0.2) is 36.8 Å². The number of rotatable bonds is 7. The maximum atomic E-state index is 12.4. The molecule has 0 fully saturated rings. The molecule has 0 aliphatic carbocycles. The van der Waals surface area contributed by atoms with Crippen LogP contribution in [-0.2, 0) is 30.4 Å². The van der Waals surface area contributed by atoms with Crippen LogP contribution in [0.25, 0.3) is 0 Å². The third-order valence-corrected chi connectivity index (χ3v) is 3.04. The largest absolute Gasteiger partial charge is 0.459 e. The van der Waals surface area contributed by atoms with E-state index >= 15 is 0 Å². The summed E-state index contributed by atoms with van der Waals surface area (Å²) in [6.07, 6.45) is -0.0218. The first-order chi connectivity index (χ1) is 10.7. The first-order valence-electron chi connectivity index (χ1n) is 7.41. The Morgan fingerprint density at radius 2 is 1.70 bits per heavy atom. The summed E-state index contributed by atoms with van der Waals surface area (Å²) in [6.45, 7) is 5.29. The van der Waals surface area contributed by atoms with Crippen LogP contribution >= 0.6 is 0 Å². The monoisotopic (exact) mass is 323 g/mol. The number of carbonyl (C=O) groups excluding carboxylic acids is 2. The minimum atomic E-state index is -1.89. The molecule has 23 heavy (non-hydrogen) atoms. The van der Waals surface area contributed by atoms with Crippen molar-refractivity contribution < 1.29 is 23.8 Å². The maximum absolute atomic E-state index is 12.4. The third-order valence-electron chi connectivity index (χ3n) is 3.04. The van der Waals surface area contributed by atoms with Crippen molar-refractivity contribution in [2.45, 2.75) is 44.9 Å². The fourth-order valence-corrected chi connectivity index (χ4v) is 1.77. The summed E-state index contributed by atoms with van der Waals surface area (Å²) in [5, 5.41) is 0. The molecule has 6 heteroatoms. The van der Waals surface area contributed by atoms with E-state index in [-0.39, 0.29) is 19.6 Å². The third kappa shape index (κ3) is 6.00. The van der Waals surface area contributed by atoms with E-state index in [2.05, 4.69) is 0 Å². The first-order valence-corrected chi connectivity index (χ1v) is 7.41. The second-order valence-electron chi connectivity index (χ2n) is 6.28. The number of esters is 2. The Bertz CT molecular complexity index is 524. The number of methoxy groups -OCH3 is 1. The number of hydrogen-bond acceptors (Lipinski definition) is 6. The van der Waals surface area contributed by atoms with Gasteiger partial charge in [-0.3, -0.25) is 0 Å². The van der Waals surface area contributed by atoms with Gasteiger partial charge in [0.05, 0.1) is 0 Å². The van der Waals surface area contributed by atoms with Gasteiger partial charge in [0.2, 0.25) is 5.54 Å². The predicted molar refractivity (Wildman–Crippen MR) is 85.5 cm³/mol. The van der Waals surface area contributed by atoms with E-state index in [1.165, 1.54) is 7.11 Å². The van der Waals surface area contributed by atoms with E-state index in [1.807, 2.05) is 30.3 Å². The van der Waals surface area contributed by atoms with Gasteiger partial charge in [-0.2, -0.15) is 0 Å². The van der Waals surface area contributed by atoms with Gasteiger partial charge in [0.25, 0.3) is 0 Å². The van der Waals surface area contributed by atoms with Crippen LogP contribution in [0.1, 0.15) is 32.8 Å². The molecule has 0 aliphatic heterocycles. The van der Waals surface area contributed by atoms with E-state index in [0.717, 1.165) is 5.56 Å². The molecule has 0 amide bonds. The molecule has 1 rings (SSSR count). The summed E-state index contributed by atoms with van der Waals surface area (Å²) in [7, 11) is 1.46. The molecule has 0 bridgehead atoms. The Kier molecular flexibility index (Phi) is 6.72. The van der Waals surface area contributed by atoms with Gasteiger partial charge >= 0.3 is 11.9 Å². The van der Waals surface area contributed by atoms with Crippen molar-refractivity contribution in [3.05, 3.63) is 35.9 Å². The predicted octanol–water partition coefficient (Wildman–Crippen LogP) is 1.81. The lowest BCUT2D eigenvalue weighted by molar-refractivity contribution is -0.173. The average Bonchev–Trinajstić information content (AvgIpc) is 2.49. The summed E-state index contributed by atoms with van der Waals surface area (Å²) >= 11 is 0. The number of ether oxygens (including phenoxy) is 3. The van der Waals surface area contributed by atoms with Gasteiger partial charge in [-0.05, 0) is 26.3 Å². The number of carbonyl (C=O) groups is 2. The fourth-order valence-electron chi connectivity index (χ4n) is 1.77. The highest BCUT2D eigenvalue weighted by molar-refractivity contribution is 6.04. The maximum Gasteiger partial charge on any atom is 0.338 e. The number of hydrogen-bond donors (Lipinski definition) is 1. The van der Waals surface area contributed by atoms with Gasteiger partial charge in [-0.1, -0.05) is 30.3 Å². The first kappa shape index (κ1) is 19.1. The van der Waals surface area contributed by atoms with Crippen LogP contribution in [0, 0.1) is 0 Å². The quantitative estimate of drug-likeness (QED) is 0.608. The minimum Gasteiger partial charge on any atom is -0.459 e. The Balaban J connectivity index is 2.82. The van der Waals surface area contributed by atoms with E-state index in [0.29, 0.717) is 0 Å². The lowest BCUT2D eigenvalue weighted by atomic mass is 9.96. The van der Waals surface area contributed by atoms with Gasteiger partial charge in [-0.15, -0.1) is 0 Å². The van der Waals surface area contributed by atoms with Crippen molar-refractivity contribution in [3.63, 3.8) is 0 Å². The van der Waals surface area contributed by atoms with Crippen molar-refractivity contribution in [3.8, 4) is 0 Å². The highest BCUT2D eigenvalue weighted by Crippen LogP contribution is 2.18. The van der Waals surface area contributed by atoms with Gasteiger partial charge in [-0.25, -0.2) is 9.59 Å². The Hall–Kier alpha value is -1.92. The van der Waals surface area contributed by atoms with Crippen molar-refractivity contribution in [1.29, 1.82) is 0 Å². The molecule has 0 heterocycles. The molecule has 0 spiro atoms. The molecule has 0 aliphatic rings. The zero-order valence-electron chi connectivity index (χ0n) is 14.1. The molecule has 1 atom stereocenters. The molecule has 0 saturated carbocycles. The summed E-state index contributed by atoms with van der Waals surface area (Å²) in [4.78, 5) is 24.7. The Morgan fingerprint density at radius 3 is 2.22 bits per heavy atom. The normalized spacial score (nSPS) is 14.0. The summed E-state index contributed by atoms with van der Waals surface area (Å²) in [5.74, 6) is -1.65. The van der Waals surface area contributed by atoms with Crippen molar-refractivity contribution >= 4 is 11.9 Å². The molecule has 1 aromatic rings. The van der Waals surface area contributed by atoms with Crippen molar-refractivity contribution in [2.75, 3.05) is 13.7 Å². The van der Waals surface area contributed by atoms with Crippen LogP contribution in [0.2, 0.25) is 0 Å². The topological polar surface area (TPSA) is 87.9 Å². The van der Waals surface area contributed by atoms with Crippen molar-refractivity contribution in [1.82, 2.24) is 0 Å². The summed E-state index contributed by atoms with van der Waals surface area (Å²) in [5.41, 5.74) is 4.17. The van der Waals surface area contributed by atoms with Crippen LogP contribution in [0.5, 0.6) is 0 Å². The van der Waals surface area contributed by atoms with E-state index in [1.54, 1.807) is 20.8 Å². The smallest absolute Gasteiger partial charge is 0.338 e. The van der Waals surface area contributed by atoms with Crippen molar-refractivity contribution in [2.24, 2.45) is 5.73 Å². The molecule has 1 aromatic carbocycles. The highest BCUT2D eigenvalue weighted by atomic mass is 16.6. The minimum absolute atomic E-state index is 0.0218. The average molecular weight is 323 g/mol. The zero-order chi connectivity index (χ0) is 17.5. The summed E-state index contributed by atoms with van der Waals surface area (Å²) in [6, 6.07) is 9.15. The van der Waals surface area contributed by atoms with Crippen LogP contribution < -0.4 is 5.73 Å². The fraction of sp³-hybridized carbons (Fsp3) is 0.529. The van der Waals surface area contributed by atoms with E-state index < -0.39 is 23.1 Å². The molecule has 0 aromatic heterocycles. The van der Waals surface area contributed by atoms with Gasteiger partial charge < -0.3 is 19.9 Å². The van der Waals surface area contributed by atoms with Gasteiger partial charge in [0.1, 0.15) is 12.2 Å². The van der Waals surface area contributed by atoms with Crippen LogP contribution in [0.3, 0.4) is 0 Å². The molecule has 1 unspecified atom stereocenters. The SMILES string of the molecule is COCCC(N)(C(=O)OCc1ccccc1)C(=O)OC(C)(C)C. The number of benzene rings is 1. The molecular weight excluding hydrogens is 298 g/mol. The van der Waals surface area contributed by atoms with Gasteiger partial charge in [0, 0.05) is 20.1 Å². The summed E-state index contributed by atoms with van der Waals surface area (Å²) < 4.78 is 15.4. The second-order valence-corrected chi connectivity index (χ2v) is 6.28. The molecule has 6 nitrogen and oxygen atoms in total. The van der Waals surface area contributed by atoms with Gasteiger partial charge in [0.15, 0.2) is 0 Å². The highest BCUT2D eigenvalue weighted by Gasteiger charge is 2.46. The van der Waals surface area contributed by atoms with E-state index in [4.69, 9.17) is 19.9 Å². The standard InChI is InChI=1S/C17H25NO5/c1-16(2,3)23-15(20)17(18,10-11-21-4)14(19)22-12-13-8-6-5-7-9-13/h5-9H,10-12,18H2,1-4H3. The second kappa shape index (κ2) is 8.08. The molecule has 0 saturated heterocycles. The molecule has 2 N–H and O–H groups in total. The lowest BCUT2D eigenvalue weighted by Gasteiger charge is -2.29. The lowest BCUT2D eigenvalue weighted by Crippen LogP contribution is -2.58. The van der Waals surface area contributed by atoms with Crippen LogP contribution in [0.4, 0.5) is 0 Å². The zero-order valence-corrected chi connectivity index (χ0v) is 14.1. The van der Waals surface area contributed by atoms with Crippen LogP contribution in [0.15, 0.2) is 30.3 Å².